The summed E-state index contributed by atoms with van der Waals surface area (Å²) in [5.74, 6) is -5.55. The molecule has 0 aromatic heterocycles. The van der Waals surface area contributed by atoms with Gasteiger partial charge in [-0.3, -0.25) is 47.9 Å². The van der Waals surface area contributed by atoms with E-state index in [9.17, 15) is 33.6 Å². The number of para-hydroxylation sites is 1. The number of allylic oxidation sites excluding steroid dienone is 2. The molecule has 21 nitrogen and oxygen atoms in total. The highest BCUT2D eigenvalue weighted by Gasteiger charge is 2.62. The van der Waals surface area contributed by atoms with Crippen LogP contribution in [0.25, 0.3) is 0 Å². The smallest absolute Gasteiger partial charge is 0.247 e. The number of fused-ring (bicyclic) bond motifs is 9. The van der Waals surface area contributed by atoms with Crippen LogP contribution in [0, 0.1) is 29.6 Å². The van der Waals surface area contributed by atoms with Crippen LogP contribution in [0.4, 0.5) is 5.69 Å². The minimum absolute atomic E-state index is 0.0499. The lowest BCUT2D eigenvalue weighted by Gasteiger charge is -2.37. The summed E-state index contributed by atoms with van der Waals surface area (Å²) in [7, 11) is 0. The Morgan fingerprint density at radius 3 is 1.81 bits per heavy atom. The fraction of sp³-hybridized carbons (Fsp3) is 0.714. The molecule has 85 heavy (non-hydrogen) atoms. The van der Waals surface area contributed by atoms with Gasteiger partial charge in [-0.05, 0) is 144 Å². The summed E-state index contributed by atoms with van der Waals surface area (Å²) in [4.78, 5) is 157. The number of carbonyl (C=O) groups is 10. The van der Waals surface area contributed by atoms with Gasteiger partial charge in [-0.2, -0.15) is 11.8 Å². The molecule has 0 spiro atoms. The van der Waals surface area contributed by atoms with Crippen molar-refractivity contribution in [1.82, 2.24) is 51.1 Å². The second-order valence-corrected chi connectivity index (χ2v) is 27.7. The highest BCUT2D eigenvalue weighted by molar-refractivity contribution is 7.98. The number of carbonyl (C=O) groups excluding carboxylic acids is 10. The third-order valence-electron chi connectivity index (χ3n) is 18.8. The molecule has 6 saturated heterocycles. The van der Waals surface area contributed by atoms with E-state index >= 15 is 14.4 Å². The molecule has 12 atom stereocenters. The zero-order chi connectivity index (χ0) is 61.8. The summed E-state index contributed by atoms with van der Waals surface area (Å²) in [5.41, 5.74) is 2.01. The van der Waals surface area contributed by atoms with Crippen LogP contribution in [0.3, 0.4) is 0 Å². The van der Waals surface area contributed by atoms with Crippen LogP contribution in [-0.4, -0.2) is 189 Å². The molecule has 7 aliphatic heterocycles. The van der Waals surface area contributed by atoms with Crippen LogP contribution in [-0.2, 0) is 53.4 Å². The number of hydrogen-bond acceptors (Lipinski definition) is 12. The van der Waals surface area contributed by atoms with Crippen LogP contribution < -0.4 is 31.9 Å². The summed E-state index contributed by atoms with van der Waals surface area (Å²) in [6, 6.07) is -1.56. The lowest BCUT2D eigenvalue weighted by atomic mass is 9.75. The van der Waals surface area contributed by atoms with Gasteiger partial charge in [0.1, 0.15) is 60.5 Å². The zero-order valence-corrected chi connectivity index (χ0v) is 52.8. The summed E-state index contributed by atoms with van der Waals surface area (Å²) in [6.45, 7) is 19.7. The van der Waals surface area contributed by atoms with Crippen molar-refractivity contribution < 1.29 is 47.9 Å². The highest BCUT2D eigenvalue weighted by atomic mass is 32.2. The SMILES string of the molecule is CSCC[C@@H]1NC(=O)[C@@H]2C(C(C)C)CCN2C(=O)[C@H](C(C)C)NC(=O)[C@@H]2CCCN2C(=O)[C@@H]2CCCN2C(=O)[C@H](CC(C)C)NC(=O)[C@@H]2C[C@@]3(CC=C(C)C)c4ccccc4N[C@H]3N2C(=O)[C@@H]2CCCN2C(=O)CNC(=O)[C@H](CC(C)C)NC1=O. The van der Waals surface area contributed by atoms with Crippen LogP contribution in [0.1, 0.15) is 152 Å². The Bertz CT molecular complexity index is 2730. The van der Waals surface area contributed by atoms with Crippen molar-refractivity contribution in [2.75, 3.05) is 50.0 Å². The van der Waals surface area contributed by atoms with E-state index in [0.717, 1.165) is 16.8 Å². The van der Waals surface area contributed by atoms with Gasteiger partial charge in [0.2, 0.25) is 59.1 Å². The minimum atomic E-state index is -1.12. The van der Waals surface area contributed by atoms with Crippen molar-refractivity contribution in [3.8, 4) is 0 Å². The Labute approximate surface area is 506 Å². The van der Waals surface area contributed by atoms with Gasteiger partial charge in [-0.15, -0.1) is 0 Å². The van der Waals surface area contributed by atoms with Gasteiger partial charge in [0.25, 0.3) is 0 Å². The van der Waals surface area contributed by atoms with E-state index in [4.69, 9.17) is 0 Å². The van der Waals surface area contributed by atoms with Crippen molar-refractivity contribution in [2.24, 2.45) is 29.6 Å². The summed E-state index contributed by atoms with van der Waals surface area (Å²) >= 11 is 1.48. The molecule has 468 valence electrons. The van der Waals surface area contributed by atoms with Crippen LogP contribution in [0.5, 0.6) is 0 Å². The molecule has 1 unspecified atom stereocenters. The minimum Gasteiger partial charge on any atom is -0.364 e. The van der Waals surface area contributed by atoms with E-state index in [0.29, 0.717) is 57.1 Å². The maximum absolute atomic E-state index is 15.7. The lowest BCUT2D eigenvalue weighted by Crippen LogP contribution is -2.61. The molecular weight excluding hydrogens is 1100 g/mol. The van der Waals surface area contributed by atoms with E-state index in [-0.39, 0.29) is 75.5 Å². The molecule has 6 N–H and O–H groups in total. The summed E-state index contributed by atoms with van der Waals surface area (Å²) in [5, 5.41) is 18.4. The fourth-order valence-corrected chi connectivity index (χ4v) is 14.9. The van der Waals surface area contributed by atoms with Gasteiger partial charge in [-0.1, -0.05) is 85.2 Å². The Kier molecular flexibility index (Phi) is 21.1. The van der Waals surface area contributed by atoms with Crippen molar-refractivity contribution in [2.45, 2.75) is 212 Å². The third kappa shape index (κ3) is 13.8. The molecule has 0 bridgehead atoms. The molecule has 1 aromatic rings. The van der Waals surface area contributed by atoms with E-state index in [1.807, 2.05) is 99.8 Å². The molecule has 7 heterocycles. The zero-order valence-electron chi connectivity index (χ0n) is 52.0. The summed E-state index contributed by atoms with van der Waals surface area (Å²) < 4.78 is 0. The molecule has 8 rings (SSSR count). The van der Waals surface area contributed by atoms with Crippen LogP contribution in [0.15, 0.2) is 35.9 Å². The Balaban J connectivity index is 1.17. The van der Waals surface area contributed by atoms with Gasteiger partial charge >= 0.3 is 0 Å². The largest absolute Gasteiger partial charge is 0.364 e. The van der Waals surface area contributed by atoms with E-state index < -0.39 is 137 Å². The standard InChI is InChI=1S/C63H95N11O10S/c1-35(2)22-25-63-33-49-56(79)67-45(32-37(5)6)58(81)72-28-16-20-47(72)59(82)71-27-14-19-46(71)55(78)69-51(39(9)10)61(84)73-29-23-40(38(7)8)52(73)57(80)65-43(24-30-85-11)54(77)66-44(31-36(3)4)53(76)64-34-50(75)70-26-15-21-48(70)60(83)74(49)62(63)68-42-18-13-12-17-41(42)63/h12-13,17-18,22,36-40,43-49,51-52,62,68H,14-16,19-21,23-34H2,1-11H3,(H,64,76)(H,65,80)(H,66,77)(H,67,79)(H,69,78)/t40?,43-,44-,45-,46-,47-,48-,49-,51-,52-,62-,63-/m0/s1. The van der Waals surface area contributed by atoms with Gasteiger partial charge in [0, 0.05) is 37.3 Å². The maximum Gasteiger partial charge on any atom is 0.247 e. The molecule has 6 fully saturated rings. The molecule has 7 aliphatic rings. The first-order valence-electron chi connectivity index (χ1n) is 31.4. The van der Waals surface area contributed by atoms with Crippen molar-refractivity contribution in [1.29, 1.82) is 0 Å². The molecule has 0 radical (unpaired) electrons. The highest BCUT2D eigenvalue weighted by Crippen LogP contribution is 2.54. The number of benzene rings is 1. The Morgan fingerprint density at radius 1 is 0.588 bits per heavy atom. The van der Waals surface area contributed by atoms with Crippen LogP contribution >= 0.6 is 11.8 Å². The van der Waals surface area contributed by atoms with E-state index in [1.165, 1.54) is 31.4 Å². The quantitative estimate of drug-likeness (QED) is 0.172. The first-order valence-corrected chi connectivity index (χ1v) is 32.8. The lowest BCUT2D eigenvalue weighted by molar-refractivity contribution is -0.150. The van der Waals surface area contributed by atoms with Gasteiger partial charge < -0.3 is 56.4 Å². The molecule has 22 heteroatoms. The third-order valence-corrected chi connectivity index (χ3v) is 19.4. The number of nitrogens with zero attached hydrogens (tertiary/aromatic N) is 5. The average molecular weight is 1200 g/mol. The molecule has 10 amide bonds. The number of rotatable bonds is 11. The van der Waals surface area contributed by atoms with Gasteiger partial charge in [0.05, 0.1) is 6.54 Å². The fourth-order valence-electron chi connectivity index (χ4n) is 14.4. The molecular formula is C63H95N11O10S. The van der Waals surface area contributed by atoms with Crippen molar-refractivity contribution in [3.63, 3.8) is 0 Å². The average Bonchev–Trinajstić information content (AvgIpc) is 2.02. The van der Waals surface area contributed by atoms with Crippen molar-refractivity contribution >= 4 is 76.5 Å². The predicted molar refractivity (Wildman–Crippen MR) is 325 cm³/mol. The second kappa shape index (κ2) is 27.7. The molecule has 0 aliphatic carbocycles. The number of amides is 10. The number of hydrogen-bond donors (Lipinski definition) is 6. The van der Waals surface area contributed by atoms with Gasteiger partial charge in [0.15, 0.2) is 0 Å². The first-order chi connectivity index (χ1) is 40.4. The summed E-state index contributed by atoms with van der Waals surface area (Å²) in [6.07, 6.45) is 7.49. The number of anilines is 1. The maximum atomic E-state index is 15.7. The van der Waals surface area contributed by atoms with Gasteiger partial charge in [-0.25, -0.2) is 0 Å². The topological polar surface area (TPSA) is 259 Å². The normalized spacial score (nSPS) is 31.2. The number of thioether (sulfide) groups is 1. The van der Waals surface area contributed by atoms with E-state index in [2.05, 4.69) is 38.0 Å². The van der Waals surface area contributed by atoms with Crippen LogP contribution in [0.2, 0.25) is 0 Å². The van der Waals surface area contributed by atoms with Crippen molar-refractivity contribution in [3.05, 3.63) is 41.5 Å². The Morgan fingerprint density at radius 2 is 1.18 bits per heavy atom. The number of nitrogens with one attached hydrogen (secondary N) is 6. The predicted octanol–water partition coefficient (Wildman–Crippen LogP) is 4.05. The second-order valence-electron chi connectivity index (χ2n) is 26.7. The van der Waals surface area contributed by atoms with E-state index in [1.54, 1.807) is 4.90 Å². The molecule has 1 aromatic carbocycles. The molecule has 0 saturated carbocycles. The monoisotopic (exact) mass is 1200 g/mol. The first kappa shape index (κ1) is 64.8. The Hall–Kier alpha value is -6.19.